The van der Waals surface area contributed by atoms with Gasteiger partial charge in [0.05, 0.1) is 5.56 Å². The van der Waals surface area contributed by atoms with E-state index in [1.54, 1.807) is 6.07 Å². The minimum atomic E-state index is -4.27. The largest absolute Gasteiger partial charge is 0.416 e. The Labute approximate surface area is 114 Å². The number of nitrogens with one attached hydrogen (secondary N) is 2. The smallest absolute Gasteiger partial charge is 0.316 e. The minimum Gasteiger partial charge on any atom is -0.316 e. The van der Waals surface area contributed by atoms with Crippen LogP contribution in [0, 0.1) is 5.41 Å². The summed E-state index contributed by atoms with van der Waals surface area (Å²) in [6, 6.07) is 5.86. The van der Waals surface area contributed by atoms with Gasteiger partial charge in [-0.1, -0.05) is 6.07 Å². The van der Waals surface area contributed by atoms with Crippen LogP contribution in [0.4, 0.5) is 13.2 Å². The molecule has 104 valence electrons. The van der Waals surface area contributed by atoms with E-state index >= 15 is 0 Å². The van der Waals surface area contributed by atoms with Crippen LogP contribution in [0.5, 0.6) is 0 Å². The SMILES string of the molecule is FC(F)(F)c1cccc(SNC2CC3(CNC3)C2)c1. The predicted octanol–water partition coefficient (Wildman–Crippen LogP) is 3.05. The Morgan fingerprint density at radius 2 is 2.00 bits per heavy atom. The van der Waals surface area contributed by atoms with E-state index in [1.165, 1.54) is 24.1 Å². The fourth-order valence-corrected chi connectivity index (χ4v) is 3.53. The third kappa shape index (κ3) is 2.75. The Hall–Kier alpha value is -0.720. The molecule has 1 heterocycles. The Kier molecular flexibility index (Phi) is 3.27. The van der Waals surface area contributed by atoms with Crippen molar-refractivity contribution in [2.45, 2.75) is 30.0 Å². The van der Waals surface area contributed by atoms with Gasteiger partial charge in [0.2, 0.25) is 0 Å². The van der Waals surface area contributed by atoms with Crippen LogP contribution in [0.1, 0.15) is 18.4 Å². The third-order valence-electron chi connectivity index (χ3n) is 3.86. The molecule has 1 aliphatic heterocycles. The molecule has 2 nitrogen and oxygen atoms in total. The zero-order valence-corrected chi connectivity index (χ0v) is 11.1. The van der Waals surface area contributed by atoms with Crippen molar-refractivity contribution in [1.82, 2.24) is 10.0 Å². The van der Waals surface area contributed by atoms with Gasteiger partial charge in [-0.05, 0) is 48.4 Å². The van der Waals surface area contributed by atoms with Gasteiger partial charge in [0.25, 0.3) is 0 Å². The molecule has 0 bridgehead atoms. The van der Waals surface area contributed by atoms with Gasteiger partial charge in [-0.15, -0.1) is 0 Å². The van der Waals surface area contributed by atoms with Crippen LogP contribution in [-0.4, -0.2) is 19.1 Å². The Morgan fingerprint density at radius 1 is 1.26 bits per heavy atom. The summed E-state index contributed by atoms with van der Waals surface area (Å²) in [7, 11) is 0. The van der Waals surface area contributed by atoms with Crippen molar-refractivity contribution in [3.8, 4) is 0 Å². The lowest BCUT2D eigenvalue weighted by Crippen LogP contribution is -2.63. The van der Waals surface area contributed by atoms with E-state index in [0.29, 0.717) is 16.4 Å². The topological polar surface area (TPSA) is 24.1 Å². The molecule has 1 saturated carbocycles. The predicted molar refractivity (Wildman–Crippen MR) is 68.8 cm³/mol. The summed E-state index contributed by atoms with van der Waals surface area (Å²) in [4.78, 5) is 0.613. The molecule has 0 atom stereocenters. The van der Waals surface area contributed by atoms with Crippen molar-refractivity contribution in [2.24, 2.45) is 5.41 Å². The van der Waals surface area contributed by atoms with E-state index in [-0.39, 0.29) is 0 Å². The maximum Gasteiger partial charge on any atom is 0.416 e. The third-order valence-corrected chi connectivity index (χ3v) is 4.80. The number of rotatable bonds is 3. The average molecular weight is 288 g/mol. The zero-order chi connectivity index (χ0) is 13.5. The lowest BCUT2D eigenvalue weighted by atomic mass is 9.62. The molecule has 2 N–H and O–H groups in total. The monoisotopic (exact) mass is 288 g/mol. The van der Waals surface area contributed by atoms with Crippen molar-refractivity contribution >= 4 is 11.9 Å². The van der Waals surface area contributed by atoms with Gasteiger partial charge < -0.3 is 5.32 Å². The second-order valence-electron chi connectivity index (χ2n) is 5.45. The Bertz CT molecular complexity index is 463. The van der Waals surface area contributed by atoms with Gasteiger partial charge in [-0.3, -0.25) is 4.72 Å². The molecule has 6 heteroatoms. The number of hydrogen-bond acceptors (Lipinski definition) is 3. The molecule has 3 rings (SSSR count). The highest BCUT2D eigenvalue weighted by molar-refractivity contribution is 7.97. The summed E-state index contributed by atoms with van der Waals surface area (Å²) in [5.74, 6) is 0. The molecule has 1 aromatic carbocycles. The molecule has 1 saturated heterocycles. The molecule has 1 aromatic rings. The van der Waals surface area contributed by atoms with Crippen molar-refractivity contribution < 1.29 is 13.2 Å². The van der Waals surface area contributed by atoms with E-state index in [1.807, 2.05) is 0 Å². The first-order valence-corrected chi connectivity index (χ1v) is 7.09. The van der Waals surface area contributed by atoms with Crippen LogP contribution in [-0.2, 0) is 6.18 Å². The molecule has 1 aliphatic carbocycles. The standard InChI is InChI=1S/C13H15F3N2S/c14-13(15,16)9-2-1-3-11(4-9)19-18-10-5-12(6-10)7-17-8-12/h1-4,10,17-18H,5-8H2. The molecule has 0 unspecified atom stereocenters. The summed E-state index contributed by atoms with van der Waals surface area (Å²) in [5.41, 5.74) is -0.112. The van der Waals surface area contributed by atoms with Gasteiger partial charge >= 0.3 is 6.18 Å². The fourth-order valence-electron chi connectivity index (χ4n) is 2.72. The first kappa shape index (κ1) is 13.3. The van der Waals surface area contributed by atoms with Crippen LogP contribution in [0.25, 0.3) is 0 Å². The van der Waals surface area contributed by atoms with Crippen LogP contribution in [0.15, 0.2) is 29.2 Å². The summed E-state index contributed by atoms with van der Waals surface area (Å²) in [6.07, 6.45) is -2.04. The first-order valence-electron chi connectivity index (χ1n) is 6.27. The van der Waals surface area contributed by atoms with Crippen molar-refractivity contribution in [3.05, 3.63) is 29.8 Å². The van der Waals surface area contributed by atoms with E-state index in [0.717, 1.165) is 32.0 Å². The summed E-state index contributed by atoms with van der Waals surface area (Å²) in [6.45, 7) is 2.17. The minimum absolute atomic E-state index is 0.418. The van der Waals surface area contributed by atoms with Crippen LogP contribution >= 0.6 is 11.9 Å². The second kappa shape index (κ2) is 4.68. The summed E-state index contributed by atoms with van der Waals surface area (Å²) >= 11 is 1.30. The van der Waals surface area contributed by atoms with Crippen molar-refractivity contribution in [1.29, 1.82) is 0 Å². The maximum absolute atomic E-state index is 12.6. The van der Waals surface area contributed by atoms with Crippen LogP contribution < -0.4 is 10.0 Å². The quantitative estimate of drug-likeness (QED) is 0.836. The summed E-state index contributed by atoms with van der Waals surface area (Å²) in [5, 5.41) is 3.26. The number of hydrogen-bond donors (Lipinski definition) is 2. The highest BCUT2D eigenvalue weighted by Crippen LogP contribution is 2.45. The molecule has 0 radical (unpaired) electrons. The van der Waals surface area contributed by atoms with E-state index in [4.69, 9.17) is 0 Å². The molecule has 1 spiro atoms. The molecule has 2 aliphatic rings. The van der Waals surface area contributed by atoms with Crippen LogP contribution in [0.2, 0.25) is 0 Å². The van der Waals surface area contributed by atoms with Gasteiger partial charge in [0.15, 0.2) is 0 Å². The van der Waals surface area contributed by atoms with Crippen molar-refractivity contribution in [2.75, 3.05) is 13.1 Å². The van der Waals surface area contributed by atoms with Crippen LogP contribution in [0.3, 0.4) is 0 Å². The number of halogens is 3. The second-order valence-corrected chi connectivity index (χ2v) is 6.37. The maximum atomic E-state index is 12.6. The fraction of sp³-hybridized carbons (Fsp3) is 0.538. The molecule has 19 heavy (non-hydrogen) atoms. The summed E-state index contributed by atoms with van der Waals surface area (Å²) < 4.78 is 40.9. The lowest BCUT2D eigenvalue weighted by Gasteiger charge is -2.54. The van der Waals surface area contributed by atoms with E-state index < -0.39 is 11.7 Å². The van der Waals surface area contributed by atoms with Crippen molar-refractivity contribution in [3.63, 3.8) is 0 Å². The number of benzene rings is 1. The van der Waals surface area contributed by atoms with E-state index in [2.05, 4.69) is 10.0 Å². The molecule has 0 amide bonds. The molecular weight excluding hydrogens is 273 g/mol. The lowest BCUT2D eigenvalue weighted by molar-refractivity contribution is -0.137. The Morgan fingerprint density at radius 3 is 2.58 bits per heavy atom. The van der Waals surface area contributed by atoms with E-state index in [9.17, 15) is 13.2 Å². The molecule has 0 aromatic heterocycles. The average Bonchev–Trinajstić information content (AvgIpc) is 2.24. The Balaban J connectivity index is 1.53. The number of alkyl halides is 3. The molecule has 2 fully saturated rings. The highest BCUT2D eigenvalue weighted by Gasteiger charge is 2.48. The van der Waals surface area contributed by atoms with Gasteiger partial charge in [0, 0.05) is 24.0 Å². The van der Waals surface area contributed by atoms with Gasteiger partial charge in [0.1, 0.15) is 0 Å². The molecular formula is C13H15F3N2S. The van der Waals surface area contributed by atoms with Gasteiger partial charge in [-0.25, -0.2) is 0 Å². The van der Waals surface area contributed by atoms with Gasteiger partial charge in [-0.2, -0.15) is 13.2 Å². The first-order chi connectivity index (χ1) is 8.97. The normalized spacial score (nSPS) is 22.1. The highest BCUT2D eigenvalue weighted by atomic mass is 32.2. The zero-order valence-electron chi connectivity index (χ0n) is 10.3.